The smallest absolute Gasteiger partial charge is 0.273 e. The lowest BCUT2D eigenvalue weighted by Crippen LogP contribution is -2.17. The van der Waals surface area contributed by atoms with Crippen LogP contribution >= 0.6 is 11.6 Å². The molecule has 5 heteroatoms. The summed E-state index contributed by atoms with van der Waals surface area (Å²) in [6.07, 6.45) is 3.36. The SMILES string of the molecule is Cn1cc(C(=O)NN=Cc2cccc(Cl)c2)c2ccccc21. The van der Waals surface area contributed by atoms with Gasteiger partial charge in [-0.15, -0.1) is 0 Å². The molecule has 4 nitrogen and oxygen atoms in total. The zero-order valence-corrected chi connectivity index (χ0v) is 12.7. The lowest BCUT2D eigenvalue weighted by Gasteiger charge is -1.98. The van der Waals surface area contributed by atoms with Gasteiger partial charge in [0.15, 0.2) is 0 Å². The number of carbonyl (C=O) groups is 1. The summed E-state index contributed by atoms with van der Waals surface area (Å²) >= 11 is 5.90. The van der Waals surface area contributed by atoms with Gasteiger partial charge in [-0.25, -0.2) is 5.43 Å². The van der Waals surface area contributed by atoms with Crippen molar-refractivity contribution in [3.05, 3.63) is 70.9 Å². The van der Waals surface area contributed by atoms with Crippen molar-refractivity contribution >= 4 is 34.6 Å². The highest BCUT2D eigenvalue weighted by atomic mass is 35.5. The quantitative estimate of drug-likeness (QED) is 0.583. The van der Waals surface area contributed by atoms with Crippen LogP contribution in [0.3, 0.4) is 0 Å². The first-order valence-electron chi connectivity index (χ1n) is 6.78. The van der Waals surface area contributed by atoms with Crippen molar-refractivity contribution in [2.75, 3.05) is 0 Å². The van der Waals surface area contributed by atoms with Gasteiger partial charge in [0.25, 0.3) is 5.91 Å². The minimum absolute atomic E-state index is 0.241. The second-order valence-corrected chi connectivity index (χ2v) is 5.36. The molecule has 0 aliphatic rings. The number of carbonyl (C=O) groups excluding carboxylic acids is 1. The molecule has 22 heavy (non-hydrogen) atoms. The molecule has 1 N–H and O–H groups in total. The molecule has 3 aromatic rings. The van der Waals surface area contributed by atoms with Crippen LogP contribution in [0, 0.1) is 0 Å². The Balaban J connectivity index is 1.79. The van der Waals surface area contributed by atoms with Gasteiger partial charge >= 0.3 is 0 Å². The molecule has 3 rings (SSSR count). The van der Waals surface area contributed by atoms with E-state index in [0.29, 0.717) is 10.6 Å². The van der Waals surface area contributed by atoms with Crippen molar-refractivity contribution in [2.24, 2.45) is 12.1 Å². The van der Waals surface area contributed by atoms with E-state index in [1.807, 2.05) is 48.0 Å². The standard InChI is InChI=1S/C17H14ClN3O/c1-21-11-15(14-7-2-3-8-16(14)21)17(22)20-19-10-12-5-4-6-13(18)9-12/h2-11H,1H3,(H,20,22). The van der Waals surface area contributed by atoms with Gasteiger partial charge in [0, 0.05) is 29.2 Å². The first-order chi connectivity index (χ1) is 10.6. The van der Waals surface area contributed by atoms with Crippen LogP contribution in [-0.4, -0.2) is 16.7 Å². The van der Waals surface area contributed by atoms with Gasteiger partial charge in [-0.3, -0.25) is 4.79 Å². The molecule has 0 spiro atoms. The van der Waals surface area contributed by atoms with E-state index in [1.54, 1.807) is 24.5 Å². The monoisotopic (exact) mass is 311 g/mol. The molecule has 0 aliphatic heterocycles. The lowest BCUT2D eigenvalue weighted by molar-refractivity contribution is 0.0956. The summed E-state index contributed by atoms with van der Waals surface area (Å²) in [5.74, 6) is -0.241. The van der Waals surface area contributed by atoms with Crippen LogP contribution in [0.25, 0.3) is 10.9 Å². The van der Waals surface area contributed by atoms with E-state index in [2.05, 4.69) is 10.5 Å². The Labute approximate surface area is 133 Å². The van der Waals surface area contributed by atoms with E-state index in [9.17, 15) is 4.79 Å². The third kappa shape index (κ3) is 2.87. The highest BCUT2D eigenvalue weighted by molar-refractivity contribution is 6.30. The van der Waals surface area contributed by atoms with Crippen LogP contribution in [-0.2, 0) is 7.05 Å². The molecule has 0 unspecified atom stereocenters. The molecule has 110 valence electrons. The summed E-state index contributed by atoms with van der Waals surface area (Å²) in [6, 6.07) is 15.0. The first kappa shape index (κ1) is 14.4. The van der Waals surface area contributed by atoms with Crippen molar-refractivity contribution in [3.63, 3.8) is 0 Å². The summed E-state index contributed by atoms with van der Waals surface area (Å²) in [6.45, 7) is 0. The molecule has 0 aliphatic carbocycles. The zero-order chi connectivity index (χ0) is 15.5. The molecular formula is C17H14ClN3O. The van der Waals surface area contributed by atoms with E-state index < -0.39 is 0 Å². The maximum absolute atomic E-state index is 12.3. The second kappa shape index (κ2) is 6.03. The normalized spacial score (nSPS) is 11.2. The number of fused-ring (bicyclic) bond motifs is 1. The minimum atomic E-state index is -0.241. The molecule has 1 amide bonds. The fraction of sp³-hybridized carbons (Fsp3) is 0.0588. The van der Waals surface area contributed by atoms with Gasteiger partial charge in [-0.1, -0.05) is 41.9 Å². The predicted octanol–water partition coefficient (Wildman–Crippen LogP) is 3.60. The van der Waals surface area contributed by atoms with E-state index >= 15 is 0 Å². The highest BCUT2D eigenvalue weighted by Crippen LogP contribution is 2.20. The van der Waals surface area contributed by atoms with Crippen molar-refractivity contribution in [3.8, 4) is 0 Å². The number of aryl methyl sites for hydroxylation is 1. The van der Waals surface area contributed by atoms with Crippen molar-refractivity contribution < 1.29 is 4.79 Å². The molecule has 2 aromatic carbocycles. The molecule has 1 aromatic heterocycles. The number of aromatic nitrogens is 1. The van der Waals surface area contributed by atoms with E-state index in [0.717, 1.165) is 16.5 Å². The predicted molar refractivity (Wildman–Crippen MR) is 89.4 cm³/mol. The number of hydrogen-bond donors (Lipinski definition) is 1. The molecule has 0 saturated carbocycles. The average molecular weight is 312 g/mol. The number of amides is 1. The number of hydrazone groups is 1. The topological polar surface area (TPSA) is 46.4 Å². The third-order valence-corrected chi connectivity index (χ3v) is 3.61. The first-order valence-corrected chi connectivity index (χ1v) is 7.16. The maximum atomic E-state index is 12.3. The fourth-order valence-electron chi connectivity index (χ4n) is 2.34. The van der Waals surface area contributed by atoms with Gasteiger partial charge in [-0.2, -0.15) is 5.10 Å². The third-order valence-electron chi connectivity index (χ3n) is 3.37. The van der Waals surface area contributed by atoms with E-state index in [4.69, 9.17) is 11.6 Å². The van der Waals surface area contributed by atoms with Gasteiger partial charge < -0.3 is 4.57 Å². The number of benzene rings is 2. The number of nitrogens with zero attached hydrogens (tertiary/aromatic N) is 2. The van der Waals surface area contributed by atoms with Crippen molar-refractivity contribution in [2.45, 2.75) is 0 Å². The lowest BCUT2D eigenvalue weighted by atomic mass is 10.2. The fourth-order valence-corrected chi connectivity index (χ4v) is 2.53. The van der Waals surface area contributed by atoms with Crippen LogP contribution in [0.4, 0.5) is 0 Å². The Kier molecular flexibility index (Phi) is 3.94. The Bertz CT molecular complexity index is 867. The summed E-state index contributed by atoms with van der Waals surface area (Å²) < 4.78 is 1.92. The van der Waals surface area contributed by atoms with Crippen LogP contribution in [0.2, 0.25) is 5.02 Å². The molecule has 0 saturated heterocycles. The van der Waals surface area contributed by atoms with Crippen LogP contribution < -0.4 is 5.43 Å². The minimum Gasteiger partial charge on any atom is -0.350 e. The summed E-state index contributed by atoms with van der Waals surface area (Å²) in [7, 11) is 1.91. The largest absolute Gasteiger partial charge is 0.350 e. The highest BCUT2D eigenvalue weighted by Gasteiger charge is 2.12. The Morgan fingerprint density at radius 3 is 2.86 bits per heavy atom. The molecular weight excluding hydrogens is 298 g/mol. The van der Waals surface area contributed by atoms with Gasteiger partial charge in [0.2, 0.25) is 0 Å². The zero-order valence-electron chi connectivity index (χ0n) is 12.0. The number of halogens is 1. The second-order valence-electron chi connectivity index (χ2n) is 4.92. The van der Waals surface area contributed by atoms with Gasteiger partial charge in [0.1, 0.15) is 0 Å². The van der Waals surface area contributed by atoms with Crippen LogP contribution in [0.1, 0.15) is 15.9 Å². The average Bonchev–Trinajstić information content (AvgIpc) is 2.85. The molecule has 0 fully saturated rings. The summed E-state index contributed by atoms with van der Waals surface area (Å²) in [4.78, 5) is 12.3. The number of rotatable bonds is 3. The number of para-hydroxylation sites is 1. The van der Waals surface area contributed by atoms with E-state index in [1.165, 1.54) is 0 Å². The van der Waals surface area contributed by atoms with Crippen molar-refractivity contribution in [1.82, 2.24) is 9.99 Å². The van der Waals surface area contributed by atoms with Gasteiger partial charge in [0.05, 0.1) is 11.8 Å². The van der Waals surface area contributed by atoms with Crippen molar-refractivity contribution in [1.29, 1.82) is 0 Å². The summed E-state index contributed by atoms with van der Waals surface area (Å²) in [5, 5.41) is 5.51. The molecule has 0 bridgehead atoms. The molecule has 1 heterocycles. The Morgan fingerprint density at radius 1 is 1.23 bits per heavy atom. The maximum Gasteiger partial charge on any atom is 0.273 e. The van der Waals surface area contributed by atoms with Gasteiger partial charge in [-0.05, 0) is 23.8 Å². The van der Waals surface area contributed by atoms with Crippen LogP contribution in [0.15, 0.2) is 59.8 Å². The molecule has 0 atom stereocenters. The Morgan fingerprint density at radius 2 is 2.05 bits per heavy atom. The molecule has 0 radical (unpaired) electrons. The number of nitrogens with one attached hydrogen (secondary N) is 1. The van der Waals surface area contributed by atoms with E-state index in [-0.39, 0.29) is 5.91 Å². The number of hydrogen-bond acceptors (Lipinski definition) is 2. The summed E-state index contributed by atoms with van der Waals surface area (Å²) in [5.41, 5.74) is 4.98. The van der Waals surface area contributed by atoms with Crippen LogP contribution in [0.5, 0.6) is 0 Å². The Hall–Kier alpha value is -2.59.